The molecule has 132 valence electrons. The Morgan fingerprint density at radius 2 is 1.75 bits per heavy atom. The minimum absolute atomic E-state index is 0.265. The molecule has 0 saturated carbocycles. The van der Waals surface area contributed by atoms with Gasteiger partial charge in [-0.05, 0) is 38.0 Å². The van der Waals surface area contributed by atoms with E-state index in [0.29, 0.717) is 5.75 Å². The van der Waals surface area contributed by atoms with Gasteiger partial charge in [-0.25, -0.2) is 4.79 Å². The molecule has 1 aromatic rings. The number of hydrogen-bond donors (Lipinski definition) is 1. The molecule has 0 heterocycles. The van der Waals surface area contributed by atoms with Gasteiger partial charge in [-0.3, -0.25) is 4.79 Å². The standard InChI is InChI=1S/C20H29NO3/c1-3-4-5-6-7-8-9-13-16-19(22)21-17(2)20(23)24-18-14-11-10-12-15-18/h10-17H,3-9H2,1-2H3,(H,21,22)/b16-13+/t17-/m0/s1. The molecule has 0 radical (unpaired) electrons. The number of amides is 1. The van der Waals surface area contributed by atoms with E-state index in [4.69, 9.17) is 4.74 Å². The van der Waals surface area contributed by atoms with E-state index in [1.165, 1.54) is 38.2 Å². The summed E-state index contributed by atoms with van der Waals surface area (Å²) in [6.07, 6.45) is 11.7. The molecule has 1 aromatic carbocycles. The van der Waals surface area contributed by atoms with Gasteiger partial charge in [0.25, 0.3) is 0 Å². The molecule has 24 heavy (non-hydrogen) atoms. The van der Waals surface area contributed by atoms with Crippen molar-refractivity contribution in [1.82, 2.24) is 5.32 Å². The molecule has 0 fully saturated rings. The number of esters is 1. The fourth-order valence-corrected chi connectivity index (χ4v) is 2.25. The van der Waals surface area contributed by atoms with Crippen LogP contribution in [0.15, 0.2) is 42.5 Å². The zero-order valence-corrected chi connectivity index (χ0v) is 14.8. The maximum Gasteiger partial charge on any atom is 0.333 e. The first-order chi connectivity index (χ1) is 11.6. The largest absolute Gasteiger partial charge is 0.425 e. The molecule has 1 amide bonds. The highest BCUT2D eigenvalue weighted by Crippen LogP contribution is 2.09. The van der Waals surface area contributed by atoms with Gasteiger partial charge < -0.3 is 10.1 Å². The SMILES string of the molecule is CCCCCCCC/C=C/C(=O)N[C@@H](C)C(=O)Oc1ccccc1. The molecule has 0 aliphatic rings. The molecule has 1 rings (SSSR count). The van der Waals surface area contributed by atoms with Crippen molar-refractivity contribution in [2.75, 3.05) is 0 Å². The Bertz CT molecular complexity index is 511. The molecular formula is C20H29NO3. The number of rotatable bonds is 11. The first-order valence-corrected chi connectivity index (χ1v) is 8.87. The van der Waals surface area contributed by atoms with E-state index in [0.717, 1.165) is 12.8 Å². The number of carbonyl (C=O) groups is 2. The topological polar surface area (TPSA) is 55.4 Å². The zero-order chi connectivity index (χ0) is 17.6. The van der Waals surface area contributed by atoms with E-state index in [2.05, 4.69) is 12.2 Å². The second-order valence-electron chi connectivity index (χ2n) is 5.92. The van der Waals surface area contributed by atoms with Gasteiger partial charge in [-0.15, -0.1) is 0 Å². The highest BCUT2D eigenvalue weighted by atomic mass is 16.5. The average Bonchev–Trinajstić information content (AvgIpc) is 2.58. The lowest BCUT2D eigenvalue weighted by Gasteiger charge is -2.11. The lowest BCUT2D eigenvalue weighted by Crippen LogP contribution is -2.40. The summed E-state index contributed by atoms with van der Waals surface area (Å²) in [5, 5.41) is 2.62. The van der Waals surface area contributed by atoms with E-state index >= 15 is 0 Å². The number of allylic oxidation sites excluding steroid dienone is 1. The molecule has 0 aliphatic carbocycles. The number of benzene rings is 1. The summed E-state index contributed by atoms with van der Waals surface area (Å²) in [7, 11) is 0. The molecule has 0 saturated heterocycles. The quantitative estimate of drug-likeness (QED) is 0.283. The third-order valence-electron chi connectivity index (χ3n) is 3.67. The summed E-state index contributed by atoms with van der Waals surface area (Å²) in [6, 6.07) is 8.14. The van der Waals surface area contributed by atoms with Crippen molar-refractivity contribution in [3.8, 4) is 5.75 Å². The van der Waals surface area contributed by atoms with E-state index in [9.17, 15) is 9.59 Å². The lowest BCUT2D eigenvalue weighted by atomic mass is 10.1. The summed E-state index contributed by atoms with van der Waals surface area (Å²) in [5.41, 5.74) is 0. The van der Waals surface area contributed by atoms with Gasteiger partial charge in [0.05, 0.1) is 0 Å². The molecule has 1 atom stereocenters. The van der Waals surface area contributed by atoms with Gasteiger partial charge >= 0.3 is 5.97 Å². The third kappa shape index (κ3) is 9.13. The van der Waals surface area contributed by atoms with Crippen molar-refractivity contribution >= 4 is 11.9 Å². The molecule has 4 heteroatoms. The van der Waals surface area contributed by atoms with Crippen LogP contribution in [0.1, 0.15) is 58.8 Å². The van der Waals surface area contributed by atoms with Crippen LogP contribution in [0.3, 0.4) is 0 Å². The average molecular weight is 331 g/mol. The molecule has 0 bridgehead atoms. The number of para-hydroxylation sites is 1. The van der Waals surface area contributed by atoms with Crippen LogP contribution in [0.2, 0.25) is 0 Å². The number of carbonyl (C=O) groups excluding carboxylic acids is 2. The summed E-state index contributed by atoms with van der Waals surface area (Å²) in [5.74, 6) is -0.264. The summed E-state index contributed by atoms with van der Waals surface area (Å²) in [6.45, 7) is 3.82. The minimum atomic E-state index is -0.684. The molecule has 0 unspecified atom stereocenters. The van der Waals surface area contributed by atoms with Crippen molar-refractivity contribution in [2.45, 2.75) is 64.8 Å². The predicted octanol–water partition coefficient (Wildman–Crippen LogP) is 4.40. The summed E-state index contributed by atoms with van der Waals surface area (Å²) in [4.78, 5) is 23.7. The predicted molar refractivity (Wildman–Crippen MR) is 96.8 cm³/mol. The maximum atomic E-state index is 11.9. The molecule has 4 nitrogen and oxygen atoms in total. The van der Waals surface area contributed by atoms with Gasteiger partial charge in [-0.1, -0.05) is 63.3 Å². The Hall–Kier alpha value is -2.10. The molecule has 0 spiro atoms. The van der Waals surface area contributed by atoms with Crippen LogP contribution >= 0.6 is 0 Å². The van der Waals surface area contributed by atoms with Crippen LogP contribution in [0, 0.1) is 0 Å². The Kier molecular flexibility index (Phi) is 10.3. The Morgan fingerprint density at radius 3 is 2.46 bits per heavy atom. The second-order valence-corrected chi connectivity index (χ2v) is 5.92. The first kappa shape index (κ1) is 19.9. The molecule has 0 aromatic heterocycles. The highest BCUT2D eigenvalue weighted by Gasteiger charge is 2.16. The Morgan fingerprint density at radius 1 is 1.08 bits per heavy atom. The normalized spacial score (nSPS) is 12.1. The molecule has 0 aliphatic heterocycles. The number of nitrogens with one attached hydrogen (secondary N) is 1. The van der Waals surface area contributed by atoms with Crippen molar-refractivity contribution < 1.29 is 14.3 Å². The van der Waals surface area contributed by atoms with E-state index in [-0.39, 0.29) is 5.91 Å². The number of unbranched alkanes of at least 4 members (excludes halogenated alkanes) is 6. The van der Waals surface area contributed by atoms with Crippen LogP contribution in [-0.2, 0) is 9.59 Å². The third-order valence-corrected chi connectivity index (χ3v) is 3.67. The van der Waals surface area contributed by atoms with Crippen LogP contribution < -0.4 is 10.1 Å². The van der Waals surface area contributed by atoms with Crippen molar-refractivity contribution in [1.29, 1.82) is 0 Å². The smallest absolute Gasteiger partial charge is 0.333 e. The van der Waals surface area contributed by atoms with Crippen LogP contribution in [-0.4, -0.2) is 17.9 Å². The number of hydrogen-bond acceptors (Lipinski definition) is 3. The van der Waals surface area contributed by atoms with Gasteiger partial charge in [0.1, 0.15) is 11.8 Å². The fourth-order valence-electron chi connectivity index (χ4n) is 2.25. The highest BCUT2D eigenvalue weighted by molar-refractivity contribution is 5.91. The maximum absolute atomic E-state index is 11.9. The van der Waals surface area contributed by atoms with Crippen LogP contribution in [0.5, 0.6) is 5.75 Å². The second kappa shape index (κ2) is 12.3. The van der Waals surface area contributed by atoms with Crippen molar-refractivity contribution in [3.05, 3.63) is 42.5 Å². The van der Waals surface area contributed by atoms with E-state index < -0.39 is 12.0 Å². The van der Waals surface area contributed by atoms with Gasteiger partial charge in [-0.2, -0.15) is 0 Å². The monoisotopic (exact) mass is 331 g/mol. The summed E-state index contributed by atoms with van der Waals surface area (Å²) < 4.78 is 5.19. The van der Waals surface area contributed by atoms with Gasteiger partial charge in [0.15, 0.2) is 0 Å². The van der Waals surface area contributed by atoms with Crippen LogP contribution in [0.25, 0.3) is 0 Å². The van der Waals surface area contributed by atoms with E-state index in [1.807, 2.05) is 12.1 Å². The number of ether oxygens (including phenoxy) is 1. The molecular weight excluding hydrogens is 302 g/mol. The first-order valence-electron chi connectivity index (χ1n) is 8.87. The van der Waals surface area contributed by atoms with Crippen molar-refractivity contribution in [2.24, 2.45) is 0 Å². The Labute approximate surface area is 145 Å². The lowest BCUT2D eigenvalue weighted by molar-refractivity contribution is -0.138. The Balaban J connectivity index is 2.19. The fraction of sp³-hybridized carbons (Fsp3) is 0.500. The van der Waals surface area contributed by atoms with E-state index in [1.54, 1.807) is 31.2 Å². The van der Waals surface area contributed by atoms with Crippen LogP contribution in [0.4, 0.5) is 0 Å². The van der Waals surface area contributed by atoms with Gasteiger partial charge in [0, 0.05) is 0 Å². The summed E-state index contributed by atoms with van der Waals surface area (Å²) >= 11 is 0. The zero-order valence-electron chi connectivity index (χ0n) is 14.8. The molecule has 1 N–H and O–H groups in total. The van der Waals surface area contributed by atoms with Gasteiger partial charge in [0.2, 0.25) is 5.91 Å². The minimum Gasteiger partial charge on any atom is -0.425 e. The van der Waals surface area contributed by atoms with Crippen molar-refractivity contribution in [3.63, 3.8) is 0 Å².